The Labute approximate surface area is 140 Å². The van der Waals surface area contributed by atoms with Crippen molar-refractivity contribution < 1.29 is 5.11 Å². The van der Waals surface area contributed by atoms with Crippen LogP contribution in [0.5, 0.6) is 0 Å². The Morgan fingerprint density at radius 2 is 1.52 bits per heavy atom. The molecule has 3 heteroatoms. The van der Waals surface area contributed by atoms with Crippen molar-refractivity contribution in [3.8, 4) is 0 Å². The summed E-state index contributed by atoms with van der Waals surface area (Å²) in [7, 11) is 0. The minimum absolute atomic E-state index is 0.630. The number of halogens is 2. The average Bonchev–Trinajstić information content (AvgIpc) is 2.50. The molecule has 3 aromatic carbocycles. The second-order valence-electron chi connectivity index (χ2n) is 5.09. The Bertz CT molecular complexity index is 811. The molecule has 0 spiro atoms. The van der Waals surface area contributed by atoms with Crippen molar-refractivity contribution in [1.29, 1.82) is 0 Å². The van der Waals surface area contributed by atoms with Gasteiger partial charge in [-0.15, -0.1) is 0 Å². The second kappa shape index (κ2) is 5.91. The Kier molecular flexibility index (Phi) is 4.16. The number of aliphatic hydroxyl groups excluding tert-OH is 1. The molecule has 0 radical (unpaired) electrons. The molecule has 106 valence electrons. The molecule has 0 amide bonds. The van der Waals surface area contributed by atoms with Crippen LogP contribution < -0.4 is 0 Å². The van der Waals surface area contributed by atoms with E-state index in [1.807, 2.05) is 55.5 Å². The molecule has 0 aliphatic rings. The third kappa shape index (κ3) is 2.78. The highest BCUT2D eigenvalue weighted by molar-refractivity contribution is 9.11. The summed E-state index contributed by atoms with van der Waals surface area (Å²) in [5.41, 5.74) is 2.95. The van der Waals surface area contributed by atoms with Crippen LogP contribution in [0.2, 0.25) is 0 Å². The van der Waals surface area contributed by atoms with Crippen molar-refractivity contribution in [3.05, 3.63) is 80.2 Å². The van der Waals surface area contributed by atoms with Crippen LogP contribution in [-0.2, 0) is 0 Å². The van der Waals surface area contributed by atoms with Crippen LogP contribution in [0.15, 0.2) is 63.5 Å². The number of benzene rings is 3. The average molecular weight is 406 g/mol. The van der Waals surface area contributed by atoms with E-state index >= 15 is 0 Å². The summed E-state index contributed by atoms with van der Waals surface area (Å²) >= 11 is 7.07. The molecule has 0 saturated heterocycles. The van der Waals surface area contributed by atoms with E-state index in [2.05, 4.69) is 37.9 Å². The van der Waals surface area contributed by atoms with E-state index in [1.165, 1.54) is 0 Å². The maximum atomic E-state index is 10.8. The molecule has 0 aliphatic heterocycles. The highest BCUT2D eigenvalue weighted by Crippen LogP contribution is 2.33. The lowest BCUT2D eigenvalue weighted by Gasteiger charge is -2.16. The maximum Gasteiger partial charge on any atom is 0.105 e. The Hall–Kier alpha value is -1.16. The second-order valence-corrected chi connectivity index (χ2v) is 6.80. The Morgan fingerprint density at radius 1 is 0.857 bits per heavy atom. The third-order valence-corrected chi connectivity index (χ3v) is 5.28. The highest BCUT2D eigenvalue weighted by atomic mass is 79.9. The normalized spacial score (nSPS) is 12.6. The minimum Gasteiger partial charge on any atom is -0.384 e. The maximum absolute atomic E-state index is 10.8. The number of hydrogen-bond donors (Lipinski definition) is 1. The van der Waals surface area contributed by atoms with Gasteiger partial charge >= 0.3 is 0 Å². The van der Waals surface area contributed by atoms with Crippen LogP contribution in [0.3, 0.4) is 0 Å². The number of aliphatic hydroxyl groups is 1. The molecule has 1 unspecified atom stereocenters. The van der Waals surface area contributed by atoms with Crippen LogP contribution in [0, 0.1) is 6.92 Å². The summed E-state index contributed by atoms with van der Waals surface area (Å²) in [5, 5.41) is 12.9. The van der Waals surface area contributed by atoms with E-state index in [4.69, 9.17) is 0 Å². The third-order valence-electron chi connectivity index (χ3n) is 3.70. The van der Waals surface area contributed by atoms with E-state index in [9.17, 15) is 5.11 Å². The molecule has 0 fully saturated rings. The van der Waals surface area contributed by atoms with Gasteiger partial charge in [0.1, 0.15) is 6.10 Å². The van der Waals surface area contributed by atoms with Crippen LogP contribution >= 0.6 is 31.9 Å². The predicted octanol–water partition coefficient (Wildman–Crippen LogP) is 5.75. The lowest BCUT2D eigenvalue weighted by atomic mass is 9.95. The van der Waals surface area contributed by atoms with E-state index in [1.54, 1.807) is 0 Å². The van der Waals surface area contributed by atoms with Gasteiger partial charge in [-0.1, -0.05) is 74.3 Å². The fraction of sp³-hybridized carbons (Fsp3) is 0.111. The largest absolute Gasteiger partial charge is 0.384 e. The molecule has 0 aromatic heterocycles. The van der Waals surface area contributed by atoms with Gasteiger partial charge in [0.2, 0.25) is 0 Å². The molecule has 3 rings (SSSR count). The zero-order chi connectivity index (χ0) is 15.0. The number of hydrogen-bond acceptors (Lipinski definition) is 1. The summed E-state index contributed by atoms with van der Waals surface area (Å²) in [4.78, 5) is 0. The van der Waals surface area contributed by atoms with Crippen LogP contribution in [-0.4, -0.2) is 5.11 Å². The summed E-state index contributed by atoms with van der Waals surface area (Å²) < 4.78 is 2.10. The zero-order valence-corrected chi connectivity index (χ0v) is 14.6. The Balaban J connectivity index is 2.15. The van der Waals surface area contributed by atoms with Crippen molar-refractivity contribution in [3.63, 3.8) is 0 Å². The minimum atomic E-state index is -0.630. The zero-order valence-electron chi connectivity index (χ0n) is 11.5. The molecule has 3 aromatic rings. The summed E-state index contributed by atoms with van der Waals surface area (Å²) in [6, 6.07) is 18.0. The lowest BCUT2D eigenvalue weighted by molar-refractivity contribution is 0.222. The molecule has 1 atom stereocenters. The fourth-order valence-electron chi connectivity index (χ4n) is 2.54. The summed E-state index contributed by atoms with van der Waals surface area (Å²) in [6.45, 7) is 2.03. The quantitative estimate of drug-likeness (QED) is 0.574. The SMILES string of the molecule is Cc1cc(C(O)c2ccc(Br)c3ccccc23)ccc1Br. The van der Waals surface area contributed by atoms with Crippen molar-refractivity contribution in [1.82, 2.24) is 0 Å². The molecule has 1 nitrogen and oxygen atoms in total. The van der Waals surface area contributed by atoms with Gasteiger partial charge in [-0.25, -0.2) is 0 Å². The van der Waals surface area contributed by atoms with Gasteiger partial charge in [-0.2, -0.15) is 0 Å². The number of aryl methyl sites for hydroxylation is 1. The van der Waals surface area contributed by atoms with E-state index < -0.39 is 6.10 Å². The summed E-state index contributed by atoms with van der Waals surface area (Å²) in [5.74, 6) is 0. The predicted molar refractivity (Wildman–Crippen MR) is 94.6 cm³/mol. The summed E-state index contributed by atoms with van der Waals surface area (Å²) in [6.07, 6.45) is -0.630. The number of fused-ring (bicyclic) bond motifs is 1. The molecular weight excluding hydrogens is 392 g/mol. The van der Waals surface area contributed by atoms with Gasteiger partial charge in [0.15, 0.2) is 0 Å². The van der Waals surface area contributed by atoms with Gasteiger partial charge in [0.25, 0.3) is 0 Å². The lowest BCUT2D eigenvalue weighted by Crippen LogP contribution is -2.01. The molecule has 0 bridgehead atoms. The molecule has 0 heterocycles. The van der Waals surface area contributed by atoms with Crippen LogP contribution in [0.4, 0.5) is 0 Å². The monoisotopic (exact) mass is 404 g/mol. The van der Waals surface area contributed by atoms with Gasteiger partial charge < -0.3 is 5.11 Å². The first kappa shape index (κ1) is 14.8. The van der Waals surface area contributed by atoms with Gasteiger partial charge in [-0.3, -0.25) is 0 Å². The van der Waals surface area contributed by atoms with Crippen molar-refractivity contribution in [2.24, 2.45) is 0 Å². The molecule has 21 heavy (non-hydrogen) atoms. The van der Waals surface area contributed by atoms with Crippen molar-refractivity contribution >= 4 is 42.6 Å². The Morgan fingerprint density at radius 3 is 2.24 bits per heavy atom. The van der Waals surface area contributed by atoms with Crippen molar-refractivity contribution in [2.75, 3.05) is 0 Å². The highest BCUT2D eigenvalue weighted by Gasteiger charge is 2.15. The standard InChI is InChI=1S/C18H14Br2O/c1-11-10-12(6-8-16(11)19)18(21)15-7-9-17(20)14-5-3-2-4-13(14)15/h2-10,18,21H,1H3. The molecular formula is C18H14Br2O. The topological polar surface area (TPSA) is 20.2 Å². The fourth-order valence-corrected chi connectivity index (χ4v) is 3.27. The first-order valence-corrected chi connectivity index (χ1v) is 8.28. The van der Waals surface area contributed by atoms with E-state index in [-0.39, 0.29) is 0 Å². The first-order valence-electron chi connectivity index (χ1n) is 6.69. The smallest absolute Gasteiger partial charge is 0.105 e. The number of rotatable bonds is 2. The van der Waals surface area contributed by atoms with E-state index in [0.717, 1.165) is 36.4 Å². The van der Waals surface area contributed by atoms with Gasteiger partial charge in [-0.05, 0) is 46.5 Å². The van der Waals surface area contributed by atoms with Gasteiger partial charge in [0.05, 0.1) is 0 Å². The molecule has 0 saturated carbocycles. The van der Waals surface area contributed by atoms with Crippen molar-refractivity contribution in [2.45, 2.75) is 13.0 Å². The van der Waals surface area contributed by atoms with Crippen LogP contribution in [0.1, 0.15) is 22.8 Å². The molecule has 1 N–H and O–H groups in total. The first-order chi connectivity index (χ1) is 10.1. The molecule has 0 aliphatic carbocycles. The van der Waals surface area contributed by atoms with Gasteiger partial charge in [0, 0.05) is 8.95 Å². The van der Waals surface area contributed by atoms with E-state index in [0.29, 0.717) is 0 Å². The van der Waals surface area contributed by atoms with Crippen LogP contribution in [0.25, 0.3) is 10.8 Å².